The minimum Gasteiger partial charge on any atom is -0.494 e. The number of hydrogen-bond acceptors (Lipinski definition) is 3. The minimum atomic E-state index is -0.404. The summed E-state index contributed by atoms with van der Waals surface area (Å²) in [6, 6.07) is 12.0. The van der Waals surface area contributed by atoms with Gasteiger partial charge in [0.1, 0.15) is 5.75 Å². The van der Waals surface area contributed by atoms with E-state index in [4.69, 9.17) is 27.9 Å². The highest BCUT2D eigenvalue weighted by atomic mass is 35.5. The molecule has 0 radical (unpaired) electrons. The van der Waals surface area contributed by atoms with Crippen molar-refractivity contribution in [2.45, 2.75) is 6.92 Å². The van der Waals surface area contributed by atoms with Gasteiger partial charge in [-0.2, -0.15) is 5.10 Å². The number of hydrogen-bond donors (Lipinski definition) is 1. The van der Waals surface area contributed by atoms with Crippen LogP contribution in [-0.4, -0.2) is 18.7 Å². The van der Waals surface area contributed by atoms with Gasteiger partial charge in [0.25, 0.3) is 5.91 Å². The molecule has 2 aromatic carbocycles. The quantitative estimate of drug-likeness (QED) is 0.658. The maximum Gasteiger partial charge on any atom is 0.272 e. The largest absolute Gasteiger partial charge is 0.494 e. The molecule has 2 rings (SSSR count). The third kappa shape index (κ3) is 4.48. The molecule has 0 spiro atoms. The zero-order valence-corrected chi connectivity index (χ0v) is 13.4. The lowest BCUT2D eigenvalue weighted by atomic mass is 10.2. The molecule has 0 fully saturated rings. The number of carbonyl (C=O) groups excluding carboxylic acids is 1. The Kier molecular flexibility index (Phi) is 5.81. The van der Waals surface area contributed by atoms with Gasteiger partial charge in [-0.15, -0.1) is 0 Å². The minimum absolute atomic E-state index is 0.276. The standard InChI is InChI=1S/C16H14Cl2N2O2/c1-2-22-13-5-3-4-11(8-13)10-19-20-16(21)14-7-6-12(17)9-15(14)18/h3-10H,2H2,1H3,(H,20,21)/b19-10+. The van der Waals surface area contributed by atoms with E-state index in [0.717, 1.165) is 11.3 Å². The first-order chi connectivity index (χ1) is 10.6. The lowest BCUT2D eigenvalue weighted by molar-refractivity contribution is 0.0955. The predicted octanol–water partition coefficient (Wildman–Crippen LogP) is 4.16. The molecule has 0 saturated carbocycles. The van der Waals surface area contributed by atoms with Gasteiger partial charge in [0.2, 0.25) is 0 Å². The van der Waals surface area contributed by atoms with Gasteiger partial charge in [0.05, 0.1) is 23.4 Å². The molecule has 114 valence electrons. The fourth-order valence-corrected chi connectivity index (χ4v) is 2.24. The lowest BCUT2D eigenvalue weighted by Gasteiger charge is -2.04. The molecular formula is C16H14Cl2N2O2. The number of nitrogens with one attached hydrogen (secondary N) is 1. The molecule has 0 unspecified atom stereocenters. The SMILES string of the molecule is CCOc1cccc(/C=N/NC(=O)c2ccc(Cl)cc2Cl)c1. The highest BCUT2D eigenvalue weighted by Gasteiger charge is 2.09. The molecule has 4 nitrogen and oxygen atoms in total. The normalized spacial score (nSPS) is 10.7. The molecule has 0 aliphatic rings. The van der Waals surface area contributed by atoms with E-state index in [2.05, 4.69) is 10.5 Å². The Hall–Kier alpha value is -2.04. The summed E-state index contributed by atoms with van der Waals surface area (Å²) in [5, 5.41) is 4.66. The average molecular weight is 337 g/mol. The maximum atomic E-state index is 12.0. The van der Waals surface area contributed by atoms with Crippen LogP contribution in [0.5, 0.6) is 5.75 Å². The van der Waals surface area contributed by atoms with Crippen molar-refractivity contribution in [3.8, 4) is 5.75 Å². The Labute approximate surface area is 138 Å². The van der Waals surface area contributed by atoms with Crippen molar-refractivity contribution in [3.05, 3.63) is 63.6 Å². The molecule has 0 aromatic heterocycles. The van der Waals surface area contributed by atoms with Gasteiger partial charge in [-0.05, 0) is 42.8 Å². The van der Waals surface area contributed by atoms with Gasteiger partial charge in [0, 0.05) is 5.02 Å². The first-order valence-corrected chi connectivity index (χ1v) is 7.37. The zero-order chi connectivity index (χ0) is 15.9. The van der Waals surface area contributed by atoms with E-state index in [1.54, 1.807) is 12.1 Å². The van der Waals surface area contributed by atoms with Crippen LogP contribution in [0.1, 0.15) is 22.8 Å². The maximum absolute atomic E-state index is 12.0. The van der Waals surface area contributed by atoms with Crippen molar-refractivity contribution in [2.24, 2.45) is 5.10 Å². The van der Waals surface area contributed by atoms with Crippen LogP contribution in [0.2, 0.25) is 10.0 Å². The molecule has 22 heavy (non-hydrogen) atoms. The molecule has 0 aliphatic heterocycles. The van der Waals surface area contributed by atoms with Gasteiger partial charge in [0.15, 0.2) is 0 Å². The van der Waals surface area contributed by atoms with Gasteiger partial charge in [-0.3, -0.25) is 4.79 Å². The molecule has 0 heterocycles. The number of ether oxygens (including phenoxy) is 1. The second-order valence-corrected chi connectivity index (χ2v) is 5.17. The Balaban J connectivity index is 2.02. The molecule has 0 saturated heterocycles. The van der Waals surface area contributed by atoms with E-state index in [0.29, 0.717) is 17.2 Å². The van der Waals surface area contributed by atoms with E-state index in [9.17, 15) is 4.79 Å². The van der Waals surface area contributed by atoms with Crippen molar-refractivity contribution in [1.29, 1.82) is 0 Å². The summed E-state index contributed by atoms with van der Waals surface area (Å²) in [5.41, 5.74) is 3.55. The summed E-state index contributed by atoms with van der Waals surface area (Å²) in [6.45, 7) is 2.50. The second-order valence-electron chi connectivity index (χ2n) is 4.33. The van der Waals surface area contributed by atoms with Crippen LogP contribution in [0.4, 0.5) is 0 Å². The van der Waals surface area contributed by atoms with Crippen molar-refractivity contribution >= 4 is 35.3 Å². The third-order valence-corrected chi connectivity index (χ3v) is 3.27. The van der Waals surface area contributed by atoms with Crippen LogP contribution < -0.4 is 10.2 Å². The second kappa shape index (κ2) is 7.82. The Morgan fingerprint density at radius 1 is 1.27 bits per heavy atom. The number of nitrogens with zero attached hydrogens (tertiary/aromatic N) is 1. The molecule has 0 aliphatic carbocycles. The first-order valence-electron chi connectivity index (χ1n) is 6.61. The highest BCUT2D eigenvalue weighted by molar-refractivity contribution is 6.36. The van der Waals surface area contributed by atoms with Crippen molar-refractivity contribution < 1.29 is 9.53 Å². The fraction of sp³-hybridized carbons (Fsp3) is 0.125. The molecule has 0 atom stereocenters. The average Bonchev–Trinajstić information content (AvgIpc) is 2.48. The molecule has 2 aromatic rings. The molecule has 1 amide bonds. The van der Waals surface area contributed by atoms with Gasteiger partial charge < -0.3 is 4.74 Å². The molecule has 6 heteroatoms. The van der Waals surface area contributed by atoms with Crippen LogP contribution >= 0.6 is 23.2 Å². The summed E-state index contributed by atoms with van der Waals surface area (Å²) in [6.07, 6.45) is 1.53. The van der Waals surface area contributed by atoms with Crippen LogP contribution in [0, 0.1) is 0 Å². The lowest BCUT2D eigenvalue weighted by Crippen LogP contribution is -2.18. The summed E-state index contributed by atoms with van der Waals surface area (Å²) < 4.78 is 5.39. The van der Waals surface area contributed by atoms with E-state index < -0.39 is 5.91 Å². The summed E-state index contributed by atoms with van der Waals surface area (Å²) in [4.78, 5) is 12.0. The number of hydrazone groups is 1. The van der Waals surface area contributed by atoms with Crippen LogP contribution in [0.25, 0.3) is 0 Å². The van der Waals surface area contributed by atoms with Crippen molar-refractivity contribution in [3.63, 3.8) is 0 Å². The summed E-state index contributed by atoms with van der Waals surface area (Å²) in [5.74, 6) is 0.345. The van der Waals surface area contributed by atoms with Gasteiger partial charge >= 0.3 is 0 Å². The Morgan fingerprint density at radius 3 is 2.82 bits per heavy atom. The summed E-state index contributed by atoms with van der Waals surface area (Å²) >= 11 is 11.8. The number of carbonyl (C=O) groups is 1. The molecule has 0 bridgehead atoms. The van der Waals surface area contributed by atoms with Crippen LogP contribution in [-0.2, 0) is 0 Å². The van der Waals surface area contributed by atoms with E-state index in [-0.39, 0.29) is 5.02 Å². The van der Waals surface area contributed by atoms with Gasteiger partial charge in [-0.1, -0.05) is 35.3 Å². The van der Waals surface area contributed by atoms with Crippen molar-refractivity contribution in [2.75, 3.05) is 6.61 Å². The van der Waals surface area contributed by atoms with E-state index >= 15 is 0 Å². The zero-order valence-electron chi connectivity index (χ0n) is 11.8. The predicted molar refractivity (Wildman–Crippen MR) is 89.1 cm³/mol. The van der Waals surface area contributed by atoms with Crippen LogP contribution in [0.3, 0.4) is 0 Å². The molecular weight excluding hydrogens is 323 g/mol. The fourth-order valence-electron chi connectivity index (χ4n) is 1.75. The monoisotopic (exact) mass is 336 g/mol. The Bertz CT molecular complexity index is 702. The third-order valence-electron chi connectivity index (χ3n) is 2.72. The number of halogens is 2. The number of benzene rings is 2. The topological polar surface area (TPSA) is 50.7 Å². The van der Waals surface area contributed by atoms with E-state index in [1.807, 2.05) is 31.2 Å². The smallest absolute Gasteiger partial charge is 0.272 e. The first kappa shape index (κ1) is 16.3. The summed E-state index contributed by atoms with van der Waals surface area (Å²) in [7, 11) is 0. The highest BCUT2D eigenvalue weighted by Crippen LogP contribution is 2.20. The van der Waals surface area contributed by atoms with Gasteiger partial charge in [-0.25, -0.2) is 5.43 Å². The Morgan fingerprint density at radius 2 is 2.09 bits per heavy atom. The number of amides is 1. The molecule has 1 N–H and O–H groups in total. The van der Waals surface area contributed by atoms with Crippen molar-refractivity contribution in [1.82, 2.24) is 5.43 Å². The number of rotatable bonds is 5. The van der Waals surface area contributed by atoms with E-state index in [1.165, 1.54) is 12.3 Å². The van der Waals surface area contributed by atoms with Crippen LogP contribution in [0.15, 0.2) is 47.6 Å².